The zero-order chi connectivity index (χ0) is 28.3. The molecule has 0 saturated heterocycles. The van der Waals surface area contributed by atoms with E-state index in [4.69, 9.17) is 0 Å². The van der Waals surface area contributed by atoms with E-state index in [1.165, 1.54) is 0 Å². The second-order valence-electron chi connectivity index (χ2n) is 10.2. The Kier molecular flexibility index (Phi) is 7.39. The van der Waals surface area contributed by atoms with Gasteiger partial charge < -0.3 is 10.6 Å². The third-order valence-electron chi connectivity index (χ3n) is 7.31. The largest absolute Gasteiger partial charge is 0.322 e. The second kappa shape index (κ2) is 11.1. The van der Waals surface area contributed by atoms with Gasteiger partial charge >= 0.3 is 0 Å². The minimum atomic E-state index is -0.560. The summed E-state index contributed by atoms with van der Waals surface area (Å²) >= 11 is 0. The van der Waals surface area contributed by atoms with E-state index >= 15 is 0 Å². The van der Waals surface area contributed by atoms with Crippen LogP contribution in [0.1, 0.15) is 65.3 Å². The van der Waals surface area contributed by atoms with Crippen molar-refractivity contribution in [3.8, 4) is 6.07 Å². The predicted octanol–water partition coefficient (Wildman–Crippen LogP) is 6.09. The number of pyridine rings is 2. The molecule has 0 radical (unpaired) electrons. The molecule has 8 nitrogen and oxygen atoms in total. The number of nitrogens with zero attached hydrogens (tertiary/aromatic N) is 4. The lowest BCUT2D eigenvalue weighted by molar-refractivity contribution is -0.117. The van der Waals surface area contributed by atoms with Gasteiger partial charge in [0.2, 0.25) is 5.91 Å². The number of rotatable bonds is 9. The number of hydrogen-bond acceptors (Lipinski definition) is 6. The van der Waals surface area contributed by atoms with E-state index in [1.54, 1.807) is 30.6 Å². The lowest BCUT2D eigenvalue weighted by Gasteiger charge is -2.13. The Morgan fingerprint density at radius 2 is 1.82 bits per heavy atom. The SMILES string of the molecule is C=N/C(=C\C(=C/C)c1cc(NC(=O)c2ccnc(C3(C#N)CC3)c2)ccc1C)c1ccnc(NC(=O)C2CC2)c1. The molecule has 2 N–H and O–H groups in total. The van der Waals surface area contributed by atoms with Crippen LogP contribution in [0, 0.1) is 24.2 Å². The number of nitriles is 1. The van der Waals surface area contributed by atoms with E-state index in [1.807, 2.05) is 50.3 Å². The Hall–Kier alpha value is -4.90. The van der Waals surface area contributed by atoms with Crippen LogP contribution in [0.15, 0.2) is 72.0 Å². The Labute approximate surface area is 233 Å². The highest BCUT2D eigenvalue weighted by molar-refractivity contribution is 6.04. The highest BCUT2D eigenvalue weighted by Crippen LogP contribution is 2.46. The molecule has 200 valence electrons. The van der Waals surface area contributed by atoms with Crippen molar-refractivity contribution < 1.29 is 9.59 Å². The summed E-state index contributed by atoms with van der Waals surface area (Å²) in [5, 5.41) is 15.4. The van der Waals surface area contributed by atoms with Crippen molar-refractivity contribution in [1.82, 2.24) is 9.97 Å². The van der Waals surface area contributed by atoms with Crippen molar-refractivity contribution in [2.75, 3.05) is 10.6 Å². The first-order valence-electron chi connectivity index (χ1n) is 13.3. The Morgan fingerprint density at radius 1 is 1.07 bits per heavy atom. The molecule has 3 aromatic rings. The van der Waals surface area contributed by atoms with Gasteiger partial charge in [0.05, 0.1) is 22.9 Å². The van der Waals surface area contributed by atoms with E-state index < -0.39 is 5.41 Å². The molecular formula is C32H30N6O2. The standard InChI is InChI=1S/C32H30N6O2/c1-4-21(15-27(34-3)23-9-14-36-29(17-23)38-30(39)22-6-7-22)26-18-25(8-5-20(26)2)37-31(40)24-10-13-35-28(16-24)32(19-33)11-12-32/h4-5,8-10,13-18,22H,3,6-7,11-12H2,1-2H3,(H,37,40)(H,36,38,39)/b21-4+,27-15-. The van der Waals surface area contributed by atoms with Crippen LogP contribution in [-0.4, -0.2) is 28.5 Å². The van der Waals surface area contributed by atoms with Gasteiger partial charge in [-0.1, -0.05) is 12.1 Å². The molecule has 2 saturated carbocycles. The topological polar surface area (TPSA) is 120 Å². The van der Waals surface area contributed by atoms with Crippen molar-refractivity contribution in [2.24, 2.45) is 10.9 Å². The molecule has 5 rings (SSSR count). The first kappa shape index (κ1) is 26.7. The van der Waals surface area contributed by atoms with Crippen LogP contribution in [0.5, 0.6) is 0 Å². The predicted molar refractivity (Wildman–Crippen MR) is 157 cm³/mol. The lowest BCUT2D eigenvalue weighted by atomic mass is 9.97. The summed E-state index contributed by atoms with van der Waals surface area (Å²) in [6, 6.07) is 15.0. The maximum Gasteiger partial charge on any atom is 0.255 e. The number of amides is 2. The van der Waals surface area contributed by atoms with E-state index in [2.05, 4.69) is 38.4 Å². The maximum absolute atomic E-state index is 13.1. The number of carbonyl (C=O) groups is 2. The number of anilines is 2. The van der Waals surface area contributed by atoms with E-state index in [-0.39, 0.29) is 17.7 Å². The molecular weight excluding hydrogens is 500 g/mol. The minimum Gasteiger partial charge on any atom is -0.322 e. The van der Waals surface area contributed by atoms with Gasteiger partial charge in [0.1, 0.15) is 5.82 Å². The molecule has 0 bridgehead atoms. The number of carbonyl (C=O) groups excluding carboxylic acids is 2. The monoisotopic (exact) mass is 530 g/mol. The summed E-state index contributed by atoms with van der Waals surface area (Å²) in [4.78, 5) is 38.1. The third kappa shape index (κ3) is 5.74. The zero-order valence-corrected chi connectivity index (χ0v) is 22.6. The highest BCUT2D eigenvalue weighted by atomic mass is 16.2. The van der Waals surface area contributed by atoms with Gasteiger partial charge in [0.25, 0.3) is 5.91 Å². The van der Waals surface area contributed by atoms with Gasteiger partial charge in [-0.25, -0.2) is 4.98 Å². The van der Waals surface area contributed by atoms with E-state index in [9.17, 15) is 14.9 Å². The van der Waals surface area contributed by atoms with Gasteiger partial charge in [-0.05, 0) is 105 Å². The summed E-state index contributed by atoms with van der Waals surface area (Å²) in [5.41, 5.74) is 5.43. The normalized spacial score (nSPS) is 16.0. The number of hydrogen-bond donors (Lipinski definition) is 2. The van der Waals surface area contributed by atoms with Crippen LogP contribution in [0.25, 0.3) is 11.3 Å². The molecule has 2 heterocycles. The summed E-state index contributed by atoms with van der Waals surface area (Å²) in [6.07, 6.45) is 10.5. The lowest BCUT2D eigenvalue weighted by Crippen LogP contribution is -2.14. The highest BCUT2D eigenvalue weighted by Gasteiger charge is 2.46. The van der Waals surface area contributed by atoms with Crippen LogP contribution in [-0.2, 0) is 10.2 Å². The third-order valence-corrected chi connectivity index (χ3v) is 7.31. The second-order valence-corrected chi connectivity index (χ2v) is 10.2. The Balaban J connectivity index is 1.37. The fourth-order valence-corrected chi connectivity index (χ4v) is 4.51. The summed E-state index contributed by atoms with van der Waals surface area (Å²) < 4.78 is 0. The van der Waals surface area contributed by atoms with Crippen LogP contribution in [0.4, 0.5) is 11.5 Å². The van der Waals surface area contributed by atoms with Crippen LogP contribution < -0.4 is 10.6 Å². The molecule has 2 amide bonds. The maximum atomic E-state index is 13.1. The molecule has 2 fully saturated rings. The van der Waals surface area contributed by atoms with Gasteiger partial charge in [0.15, 0.2) is 0 Å². The van der Waals surface area contributed by atoms with Gasteiger partial charge in [-0.15, -0.1) is 0 Å². The number of aromatic nitrogens is 2. The molecule has 0 unspecified atom stereocenters. The molecule has 0 aliphatic heterocycles. The first-order valence-corrected chi connectivity index (χ1v) is 13.3. The Morgan fingerprint density at radius 3 is 2.50 bits per heavy atom. The number of aryl methyl sites for hydroxylation is 1. The molecule has 40 heavy (non-hydrogen) atoms. The molecule has 1 aromatic carbocycles. The van der Waals surface area contributed by atoms with Gasteiger partial charge in [0, 0.05) is 35.1 Å². The van der Waals surface area contributed by atoms with Gasteiger partial charge in [-0.3, -0.25) is 19.6 Å². The molecule has 8 heteroatoms. The molecule has 2 aliphatic rings. The smallest absolute Gasteiger partial charge is 0.255 e. The van der Waals surface area contributed by atoms with Crippen molar-refractivity contribution in [2.45, 2.75) is 44.9 Å². The van der Waals surface area contributed by atoms with Crippen LogP contribution >= 0.6 is 0 Å². The van der Waals surface area contributed by atoms with Crippen LogP contribution in [0.2, 0.25) is 0 Å². The zero-order valence-electron chi connectivity index (χ0n) is 22.6. The average Bonchev–Trinajstić information content (AvgIpc) is 3.89. The van der Waals surface area contributed by atoms with E-state index in [0.29, 0.717) is 28.5 Å². The molecule has 0 atom stereocenters. The van der Waals surface area contributed by atoms with Crippen molar-refractivity contribution in [3.63, 3.8) is 0 Å². The van der Waals surface area contributed by atoms with E-state index in [0.717, 1.165) is 47.9 Å². The van der Waals surface area contributed by atoms with Crippen molar-refractivity contribution >= 4 is 41.3 Å². The molecule has 0 spiro atoms. The molecule has 2 aromatic heterocycles. The fraction of sp³-hybridized carbons (Fsp3) is 0.250. The molecule has 2 aliphatic carbocycles. The number of nitrogens with one attached hydrogen (secondary N) is 2. The number of benzene rings is 1. The Bertz CT molecular complexity index is 1610. The number of allylic oxidation sites excluding steroid dienone is 3. The summed E-state index contributed by atoms with van der Waals surface area (Å²) in [7, 11) is 0. The first-order chi connectivity index (χ1) is 19.4. The fourth-order valence-electron chi connectivity index (χ4n) is 4.51. The van der Waals surface area contributed by atoms with Crippen LogP contribution in [0.3, 0.4) is 0 Å². The van der Waals surface area contributed by atoms with Gasteiger partial charge in [-0.2, -0.15) is 5.26 Å². The minimum absolute atomic E-state index is 0.00882. The summed E-state index contributed by atoms with van der Waals surface area (Å²) in [5.74, 6) is 0.283. The number of aliphatic imine (C=N–C) groups is 1. The summed E-state index contributed by atoms with van der Waals surface area (Å²) in [6.45, 7) is 7.70. The average molecular weight is 531 g/mol. The van der Waals surface area contributed by atoms with Crippen molar-refractivity contribution in [1.29, 1.82) is 5.26 Å². The van der Waals surface area contributed by atoms with Crippen molar-refractivity contribution in [3.05, 3.63) is 95.0 Å². The quantitative estimate of drug-likeness (QED) is 0.256.